The molecule has 1 aromatic rings. The molecule has 1 amide bonds. The Balaban J connectivity index is 2.36. The number of Topliss-reactive ketones (excluding diaryl/α,β-unsaturated/α-hetero) is 1. The number of thioether (sulfide) groups is 1. The third-order valence-electron chi connectivity index (χ3n) is 11.5. The standard InChI is InChI=1S/C48H103NO15SSi9/c1-19-56-74(57-20-2,58-21-3)43-27-42-71(16,60-68(10,11)12)64-73(18,40-25-33-54-36-37-55-34-30-49-48(52)47-46(51)44-28-22-23-29-45(44)65-47)62-69(13,14)61-72(17,39-24-32-53-35-31-50)63-70(15,59-67(7,8)9)41-26-38-66(4,5)6/h22-23,28-29,47,50H,19-21,24-27,30-43H2,1-18H3,(H,49,52). The Bertz CT molecular complexity index is 1780. The smallest absolute Gasteiger partial charge is 0.437 e. The average Bonchev–Trinajstić information content (AvgIpc) is 3.57. The van der Waals surface area contributed by atoms with Crippen LogP contribution in [-0.2, 0) is 57.0 Å². The first kappa shape index (κ1) is 70.2. The van der Waals surface area contributed by atoms with Crippen LogP contribution in [0.25, 0.3) is 0 Å². The summed E-state index contributed by atoms with van der Waals surface area (Å²) in [5.74, 6) is -0.462. The van der Waals surface area contributed by atoms with Crippen molar-refractivity contribution in [2.24, 2.45) is 0 Å². The van der Waals surface area contributed by atoms with Gasteiger partial charge in [0.2, 0.25) is 5.91 Å². The van der Waals surface area contributed by atoms with Crippen LogP contribution in [0.4, 0.5) is 0 Å². The SMILES string of the molecule is CCO[Si](CCC[Si](C)(O[Si](C)(C)C)O[Si](C)(CCCOCCOCCNC(=O)C1Sc2ccccc2C1=O)O[Si](C)(C)O[Si](C)(CCCOCCO)O[Si](C)(CCC[Si](C)(C)C)O[Si](C)(C)C)(OCC)OCC. The highest BCUT2D eigenvalue weighted by Crippen LogP contribution is 2.38. The van der Waals surface area contributed by atoms with Crippen LogP contribution >= 0.6 is 11.8 Å². The molecule has 74 heavy (non-hydrogen) atoms. The normalized spacial score (nSPS) is 18.1. The first-order chi connectivity index (χ1) is 34.3. The number of rotatable bonds is 43. The van der Waals surface area contributed by atoms with Crippen LogP contribution in [0.2, 0.25) is 134 Å². The van der Waals surface area contributed by atoms with Crippen LogP contribution < -0.4 is 5.32 Å². The van der Waals surface area contributed by atoms with Crippen LogP contribution in [0.3, 0.4) is 0 Å². The molecule has 5 atom stereocenters. The molecule has 1 aromatic carbocycles. The summed E-state index contributed by atoms with van der Waals surface area (Å²) in [6.45, 7) is 43.8. The second-order valence-corrected chi connectivity index (χ2v) is 60.2. The number of carbonyl (C=O) groups is 2. The van der Waals surface area contributed by atoms with E-state index in [0.717, 1.165) is 30.2 Å². The van der Waals surface area contributed by atoms with Gasteiger partial charge in [0.05, 0.1) is 33.0 Å². The maximum absolute atomic E-state index is 12.8. The number of amides is 1. The average molecular weight is 1220 g/mol. The number of ketones is 1. The molecule has 0 radical (unpaired) electrons. The van der Waals surface area contributed by atoms with E-state index in [1.807, 2.05) is 39.0 Å². The van der Waals surface area contributed by atoms with Crippen molar-refractivity contribution in [1.82, 2.24) is 5.32 Å². The van der Waals surface area contributed by atoms with Crippen LogP contribution in [0.1, 0.15) is 56.8 Å². The molecule has 2 N–H and O–H groups in total. The first-order valence-corrected chi connectivity index (χ1v) is 53.6. The van der Waals surface area contributed by atoms with Crippen molar-refractivity contribution in [2.75, 3.05) is 72.6 Å². The molecule has 0 aromatic heterocycles. The maximum atomic E-state index is 12.8. The molecular formula is C48H103NO15SSi9. The number of hydrogen-bond acceptors (Lipinski definition) is 16. The largest absolute Gasteiger partial charge is 0.500 e. The highest BCUT2D eigenvalue weighted by Gasteiger charge is 2.53. The van der Waals surface area contributed by atoms with E-state index in [2.05, 4.69) is 104 Å². The molecule has 0 spiro atoms. The van der Waals surface area contributed by atoms with Gasteiger partial charge in [-0.1, -0.05) is 50.3 Å². The number of ether oxygens (including phenoxy) is 3. The molecule has 0 saturated carbocycles. The molecule has 0 fully saturated rings. The zero-order valence-electron chi connectivity index (χ0n) is 49.3. The van der Waals surface area contributed by atoms with Crippen molar-refractivity contribution in [3.63, 3.8) is 0 Å². The van der Waals surface area contributed by atoms with Crippen molar-refractivity contribution in [1.29, 1.82) is 0 Å². The Labute approximate surface area is 462 Å². The van der Waals surface area contributed by atoms with Gasteiger partial charge in [0.1, 0.15) is 0 Å². The van der Waals surface area contributed by atoms with Gasteiger partial charge in [0, 0.05) is 64.2 Å². The third-order valence-corrected chi connectivity index (χ3v) is 45.4. The second kappa shape index (κ2) is 32.6. The number of carbonyl (C=O) groups excluding carboxylic acids is 2. The lowest BCUT2D eigenvalue weighted by Gasteiger charge is -2.46. The molecular weight excluding hydrogens is 1120 g/mol. The predicted octanol–water partition coefficient (Wildman–Crippen LogP) is 11.2. The number of aliphatic hydroxyl groups excluding tert-OH is 1. The monoisotopic (exact) mass is 1220 g/mol. The lowest BCUT2D eigenvalue weighted by Crippen LogP contribution is -2.63. The summed E-state index contributed by atoms with van der Waals surface area (Å²) in [7, 11) is -23.3. The number of nitrogens with one attached hydrogen (secondary N) is 1. The van der Waals surface area contributed by atoms with E-state index in [1.165, 1.54) is 17.8 Å². The minimum Gasteiger partial charge on any atom is -0.437 e. The van der Waals surface area contributed by atoms with E-state index < -0.39 is 81.6 Å². The number of fused-ring (bicyclic) bond motifs is 1. The van der Waals surface area contributed by atoms with Gasteiger partial charge in [0.15, 0.2) is 27.7 Å². The Morgan fingerprint density at radius 3 is 1.42 bits per heavy atom. The minimum atomic E-state index is -3.14. The summed E-state index contributed by atoms with van der Waals surface area (Å²) < 4.78 is 80.9. The van der Waals surface area contributed by atoms with E-state index in [0.29, 0.717) is 95.6 Å². The second-order valence-electron chi connectivity index (χ2n) is 23.4. The molecule has 1 aliphatic rings. The van der Waals surface area contributed by atoms with E-state index in [4.69, 9.17) is 52.2 Å². The Morgan fingerprint density at radius 2 is 0.973 bits per heavy atom. The van der Waals surface area contributed by atoms with E-state index >= 15 is 0 Å². The zero-order valence-corrected chi connectivity index (χ0v) is 59.1. The van der Waals surface area contributed by atoms with Gasteiger partial charge >= 0.3 is 51.6 Å². The third kappa shape index (κ3) is 28.5. The van der Waals surface area contributed by atoms with Gasteiger partial charge < -0.3 is 62.6 Å². The summed E-state index contributed by atoms with van der Waals surface area (Å²) in [6.07, 6.45) is 3.24. The minimum absolute atomic E-state index is 0.0241. The lowest BCUT2D eigenvalue weighted by atomic mass is 10.1. The maximum Gasteiger partial charge on any atom is 0.500 e. The molecule has 0 saturated heterocycles. The van der Waals surface area contributed by atoms with Crippen LogP contribution in [0, 0.1) is 0 Å². The van der Waals surface area contributed by atoms with Gasteiger partial charge in [-0.2, -0.15) is 0 Å². The van der Waals surface area contributed by atoms with Gasteiger partial charge in [-0.15, -0.1) is 11.8 Å². The van der Waals surface area contributed by atoms with Crippen LogP contribution in [-0.4, -0.2) is 171 Å². The summed E-state index contributed by atoms with van der Waals surface area (Å²) in [4.78, 5) is 26.4. The van der Waals surface area contributed by atoms with E-state index in [9.17, 15) is 14.7 Å². The van der Waals surface area contributed by atoms with Crippen molar-refractivity contribution >= 4 is 99.8 Å². The van der Waals surface area contributed by atoms with Crippen LogP contribution in [0.5, 0.6) is 0 Å². The molecule has 432 valence electrons. The molecule has 0 bridgehead atoms. The molecule has 0 aliphatic carbocycles. The van der Waals surface area contributed by atoms with Gasteiger partial charge in [-0.25, -0.2) is 0 Å². The fourth-order valence-corrected chi connectivity index (χ4v) is 50.3. The van der Waals surface area contributed by atoms with E-state index in [-0.39, 0.29) is 24.9 Å². The summed E-state index contributed by atoms with van der Waals surface area (Å²) in [5.41, 5.74) is 0.599. The van der Waals surface area contributed by atoms with Crippen molar-refractivity contribution < 1.29 is 66.9 Å². The number of benzene rings is 1. The lowest BCUT2D eigenvalue weighted by molar-refractivity contribution is -0.120. The molecule has 1 heterocycles. The molecule has 2 rings (SSSR count). The molecule has 1 aliphatic heterocycles. The van der Waals surface area contributed by atoms with Crippen molar-refractivity contribution in [3.05, 3.63) is 29.8 Å². The topological polar surface area (TPSA) is 177 Å². The molecule has 16 nitrogen and oxygen atoms in total. The quantitative estimate of drug-likeness (QED) is 0.0358. The van der Waals surface area contributed by atoms with Crippen molar-refractivity contribution in [3.8, 4) is 0 Å². The van der Waals surface area contributed by atoms with Crippen molar-refractivity contribution in [2.45, 2.75) is 191 Å². The number of aliphatic hydroxyl groups is 1. The fraction of sp³-hybridized carbons (Fsp3) is 0.833. The molecule has 5 unspecified atom stereocenters. The molecule has 26 heteroatoms. The number of hydrogen-bond donors (Lipinski definition) is 2. The Kier molecular flexibility index (Phi) is 30.9. The Hall–Kier alpha value is 0.142. The highest BCUT2D eigenvalue weighted by molar-refractivity contribution is 8.02. The summed E-state index contributed by atoms with van der Waals surface area (Å²) >= 11 is 1.29. The highest BCUT2D eigenvalue weighted by atomic mass is 32.2. The van der Waals surface area contributed by atoms with E-state index in [1.54, 1.807) is 6.07 Å². The van der Waals surface area contributed by atoms with Crippen LogP contribution in [0.15, 0.2) is 29.2 Å². The zero-order chi connectivity index (χ0) is 56.0. The summed E-state index contributed by atoms with van der Waals surface area (Å²) in [6, 6.07) is 12.1. The first-order valence-electron chi connectivity index (χ1n) is 27.3. The van der Waals surface area contributed by atoms with Gasteiger partial charge in [-0.05, 0) is 149 Å². The fourth-order valence-electron chi connectivity index (χ4n) is 9.41. The van der Waals surface area contributed by atoms with Gasteiger partial charge in [-0.3, -0.25) is 9.59 Å². The predicted molar refractivity (Wildman–Crippen MR) is 321 cm³/mol. The Morgan fingerprint density at radius 1 is 0.541 bits per heavy atom. The summed E-state index contributed by atoms with van der Waals surface area (Å²) in [5, 5.41) is 11.5. The van der Waals surface area contributed by atoms with Gasteiger partial charge in [0.25, 0.3) is 0 Å².